The van der Waals surface area contributed by atoms with Gasteiger partial charge in [-0.05, 0) is 38.4 Å². The van der Waals surface area contributed by atoms with Gasteiger partial charge in [-0.1, -0.05) is 6.07 Å². The highest BCUT2D eigenvalue weighted by atomic mass is 16.3. The van der Waals surface area contributed by atoms with Crippen LogP contribution in [0.3, 0.4) is 0 Å². The predicted molar refractivity (Wildman–Crippen MR) is 128 cm³/mol. The summed E-state index contributed by atoms with van der Waals surface area (Å²) in [5.74, 6) is -0.0264. The first-order valence-electron chi connectivity index (χ1n) is 10.9. The number of benzene rings is 2. The van der Waals surface area contributed by atoms with Gasteiger partial charge in [0.05, 0.1) is 34.1 Å². The van der Waals surface area contributed by atoms with Crippen molar-refractivity contribution in [1.82, 2.24) is 25.1 Å². The zero-order chi connectivity index (χ0) is 22.7. The summed E-state index contributed by atoms with van der Waals surface area (Å²) in [6, 6.07) is 8.89. The van der Waals surface area contributed by atoms with Crippen molar-refractivity contribution in [3.63, 3.8) is 0 Å². The third kappa shape index (κ3) is 4.20. The number of likely N-dealkylation sites (N-methyl/N-ethyl adjacent to an activating group) is 1. The van der Waals surface area contributed by atoms with E-state index in [1.165, 1.54) is 6.07 Å². The maximum Gasteiger partial charge on any atom is 0.191 e. The van der Waals surface area contributed by atoms with Gasteiger partial charge in [0.1, 0.15) is 5.75 Å². The number of pyridine rings is 1. The van der Waals surface area contributed by atoms with Crippen molar-refractivity contribution in [2.24, 2.45) is 0 Å². The molecule has 32 heavy (non-hydrogen) atoms. The molecule has 0 bridgehead atoms. The molecule has 4 aromatic rings. The van der Waals surface area contributed by atoms with Crippen LogP contribution in [0.1, 0.15) is 5.69 Å². The molecule has 0 spiro atoms. The van der Waals surface area contributed by atoms with Crippen LogP contribution in [-0.2, 0) is 6.54 Å². The van der Waals surface area contributed by atoms with Gasteiger partial charge < -0.3 is 31.1 Å². The minimum Gasteiger partial charge on any atom is -0.506 e. The zero-order valence-corrected chi connectivity index (χ0v) is 18.5. The van der Waals surface area contributed by atoms with Crippen LogP contribution in [0, 0.1) is 0 Å². The lowest BCUT2D eigenvalue weighted by Gasteiger charge is -2.14. The number of nitrogens with one attached hydrogen (secondary N) is 3. The summed E-state index contributed by atoms with van der Waals surface area (Å²) in [5.41, 5.74) is 2.75. The fraction of sp³-hybridized carbons (Fsp3) is 0.391. The molecule has 2 heterocycles. The molecule has 170 valence electrons. The Balaban J connectivity index is 1.80. The first-order chi connectivity index (χ1) is 15.5. The van der Waals surface area contributed by atoms with Gasteiger partial charge >= 0.3 is 0 Å². The second-order valence-electron chi connectivity index (χ2n) is 8.12. The van der Waals surface area contributed by atoms with Crippen LogP contribution in [-0.4, -0.2) is 78.2 Å². The van der Waals surface area contributed by atoms with E-state index in [0.29, 0.717) is 37.1 Å². The van der Waals surface area contributed by atoms with E-state index in [2.05, 4.69) is 20.9 Å². The van der Waals surface area contributed by atoms with E-state index in [4.69, 9.17) is 10.2 Å². The average Bonchev–Trinajstić information content (AvgIpc) is 3.14. The summed E-state index contributed by atoms with van der Waals surface area (Å²) >= 11 is 0. The fourth-order valence-electron chi connectivity index (χ4n) is 4.02. The molecule has 0 fully saturated rings. The number of hydrogen-bond donors (Lipinski definition) is 5. The Bertz CT molecular complexity index is 1270. The van der Waals surface area contributed by atoms with Crippen molar-refractivity contribution < 1.29 is 10.2 Å². The molecule has 0 radical (unpaired) electrons. The minimum absolute atomic E-state index is 0.0264. The number of aromatic nitrogens is 2. The number of fused-ring (bicyclic) bond motifs is 2. The van der Waals surface area contributed by atoms with Gasteiger partial charge in [0, 0.05) is 50.3 Å². The second-order valence-corrected chi connectivity index (χ2v) is 8.12. The highest BCUT2D eigenvalue weighted by molar-refractivity contribution is 6.13. The third-order valence-electron chi connectivity index (χ3n) is 5.56. The van der Waals surface area contributed by atoms with Gasteiger partial charge in [-0.25, -0.2) is 4.52 Å². The van der Waals surface area contributed by atoms with Crippen molar-refractivity contribution in [2.75, 3.05) is 58.7 Å². The largest absolute Gasteiger partial charge is 0.506 e. The van der Waals surface area contributed by atoms with E-state index in [1.54, 1.807) is 10.6 Å². The average molecular weight is 439 g/mol. The van der Waals surface area contributed by atoms with Gasteiger partial charge in [0.2, 0.25) is 0 Å². The van der Waals surface area contributed by atoms with E-state index in [9.17, 15) is 9.90 Å². The summed E-state index contributed by atoms with van der Waals surface area (Å²) < 4.78 is 1.78. The van der Waals surface area contributed by atoms with Crippen molar-refractivity contribution in [2.45, 2.75) is 6.54 Å². The SMILES string of the molecule is CN(C)CCNCc1nn2c3cccc(=O)c3c(O)c3c(NCCNCCO)ccc1c32. The van der Waals surface area contributed by atoms with E-state index < -0.39 is 0 Å². The quantitative estimate of drug-likeness (QED) is 0.173. The van der Waals surface area contributed by atoms with Crippen molar-refractivity contribution in [3.8, 4) is 5.75 Å². The van der Waals surface area contributed by atoms with Gasteiger partial charge in [-0.15, -0.1) is 0 Å². The Labute approximate surface area is 186 Å². The molecule has 2 aromatic heterocycles. The summed E-state index contributed by atoms with van der Waals surface area (Å²) in [7, 11) is 4.06. The van der Waals surface area contributed by atoms with Gasteiger partial charge in [-0.3, -0.25) is 4.79 Å². The Hall–Kier alpha value is -2.98. The molecule has 0 saturated carbocycles. The monoisotopic (exact) mass is 438 g/mol. The molecule has 4 rings (SSSR count). The summed E-state index contributed by atoms with van der Waals surface area (Å²) in [6.07, 6.45) is 0. The van der Waals surface area contributed by atoms with Gasteiger partial charge in [0.25, 0.3) is 0 Å². The molecule has 0 unspecified atom stereocenters. The maximum atomic E-state index is 12.6. The first-order valence-corrected chi connectivity index (χ1v) is 10.9. The fourth-order valence-corrected chi connectivity index (χ4v) is 4.02. The van der Waals surface area contributed by atoms with E-state index in [1.807, 2.05) is 32.3 Å². The zero-order valence-electron chi connectivity index (χ0n) is 18.5. The molecule has 9 heteroatoms. The number of hydrogen-bond acceptors (Lipinski definition) is 8. The number of rotatable bonds is 11. The molecule has 0 amide bonds. The topological polar surface area (TPSA) is 114 Å². The smallest absolute Gasteiger partial charge is 0.191 e. The molecule has 0 aliphatic rings. The second kappa shape index (κ2) is 9.66. The molecular formula is C23H30N6O3. The van der Waals surface area contributed by atoms with Crippen molar-refractivity contribution in [3.05, 3.63) is 46.2 Å². The Morgan fingerprint density at radius 3 is 2.66 bits per heavy atom. The van der Waals surface area contributed by atoms with Crippen LogP contribution in [0.5, 0.6) is 5.75 Å². The minimum atomic E-state index is -0.237. The van der Waals surface area contributed by atoms with Crippen LogP contribution >= 0.6 is 0 Å². The maximum absolute atomic E-state index is 12.6. The van der Waals surface area contributed by atoms with Crippen LogP contribution in [0.2, 0.25) is 0 Å². The summed E-state index contributed by atoms with van der Waals surface area (Å²) in [4.78, 5) is 14.7. The highest BCUT2D eigenvalue weighted by Gasteiger charge is 2.21. The van der Waals surface area contributed by atoms with Crippen molar-refractivity contribution in [1.29, 1.82) is 0 Å². The normalized spacial score (nSPS) is 12.0. The van der Waals surface area contributed by atoms with Gasteiger partial charge in [-0.2, -0.15) is 5.10 Å². The number of aliphatic hydroxyl groups is 1. The number of anilines is 1. The third-order valence-corrected chi connectivity index (χ3v) is 5.56. The van der Waals surface area contributed by atoms with Crippen LogP contribution in [0.4, 0.5) is 5.69 Å². The number of aliphatic hydroxyl groups excluding tert-OH is 1. The summed E-state index contributed by atoms with van der Waals surface area (Å²) in [6.45, 7) is 4.19. The van der Waals surface area contributed by atoms with Crippen molar-refractivity contribution >= 4 is 32.9 Å². The molecule has 0 aliphatic carbocycles. The number of aromatic hydroxyl groups is 1. The molecule has 0 atom stereocenters. The highest BCUT2D eigenvalue weighted by Crippen LogP contribution is 2.40. The Kier molecular flexibility index (Phi) is 6.71. The molecule has 2 aromatic carbocycles. The lowest BCUT2D eigenvalue weighted by atomic mass is 10.0. The standard InChI is InChI=1S/C23H30N6O3/c1-28(2)12-10-25-14-17-15-6-7-16(26-9-8-24-11-13-30)20-22(15)29(27-17)18-4-3-5-19(31)21(18)23(20)32/h3-7,24-26,30,32H,8-14H2,1-2H3. The summed E-state index contributed by atoms with van der Waals surface area (Å²) in [5, 5.41) is 36.6. The van der Waals surface area contributed by atoms with Gasteiger partial charge in [0.15, 0.2) is 5.43 Å². The van der Waals surface area contributed by atoms with Crippen LogP contribution in [0.15, 0.2) is 35.1 Å². The lowest BCUT2D eigenvalue weighted by Crippen LogP contribution is -2.26. The molecular weight excluding hydrogens is 408 g/mol. The number of nitrogens with zero attached hydrogens (tertiary/aromatic N) is 3. The first kappa shape index (κ1) is 22.2. The molecule has 0 aliphatic heterocycles. The molecule has 0 saturated heterocycles. The Morgan fingerprint density at radius 2 is 1.88 bits per heavy atom. The molecule has 9 nitrogen and oxygen atoms in total. The van der Waals surface area contributed by atoms with Crippen LogP contribution in [0.25, 0.3) is 27.2 Å². The molecule has 5 N–H and O–H groups in total. The van der Waals surface area contributed by atoms with E-state index in [0.717, 1.165) is 35.4 Å². The lowest BCUT2D eigenvalue weighted by molar-refractivity contribution is 0.293. The predicted octanol–water partition coefficient (Wildman–Crippen LogP) is 0.789. The van der Waals surface area contributed by atoms with Crippen LogP contribution < -0.4 is 21.4 Å². The van der Waals surface area contributed by atoms with E-state index in [-0.39, 0.29) is 23.2 Å². The van der Waals surface area contributed by atoms with E-state index >= 15 is 0 Å². The Morgan fingerprint density at radius 1 is 1.03 bits per heavy atom.